The van der Waals surface area contributed by atoms with E-state index in [1.54, 1.807) is 0 Å². The van der Waals surface area contributed by atoms with Crippen LogP contribution in [0.3, 0.4) is 0 Å². The van der Waals surface area contributed by atoms with Gasteiger partial charge < -0.3 is 15.2 Å². The number of hydrogen-bond acceptors (Lipinski definition) is 3. The van der Waals surface area contributed by atoms with Crippen LogP contribution in [0.2, 0.25) is 0 Å². The minimum atomic E-state index is 0.130. The highest BCUT2D eigenvalue weighted by molar-refractivity contribution is 5.29. The van der Waals surface area contributed by atoms with Crippen molar-refractivity contribution in [1.82, 2.24) is 0 Å². The molecule has 1 aliphatic carbocycles. The van der Waals surface area contributed by atoms with E-state index >= 15 is 0 Å². The number of rotatable bonds is 4. The summed E-state index contributed by atoms with van der Waals surface area (Å²) in [6, 6.07) is 8.40. The van der Waals surface area contributed by atoms with Crippen LogP contribution in [-0.4, -0.2) is 18.3 Å². The van der Waals surface area contributed by atoms with Crippen LogP contribution < -0.4 is 10.5 Å². The van der Waals surface area contributed by atoms with Crippen molar-refractivity contribution in [2.24, 2.45) is 5.73 Å². The average molecular weight is 275 g/mol. The van der Waals surface area contributed by atoms with Crippen LogP contribution in [-0.2, 0) is 4.74 Å². The zero-order valence-electron chi connectivity index (χ0n) is 12.3. The van der Waals surface area contributed by atoms with Gasteiger partial charge in [-0.3, -0.25) is 0 Å². The molecule has 1 aromatic carbocycles. The molecule has 0 aromatic heterocycles. The Kier molecular flexibility index (Phi) is 3.99. The molecule has 1 aliphatic heterocycles. The second-order valence-corrected chi connectivity index (χ2v) is 6.20. The fourth-order valence-corrected chi connectivity index (χ4v) is 3.22. The molecule has 20 heavy (non-hydrogen) atoms. The fourth-order valence-electron chi connectivity index (χ4n) is 3.22. The van der Waals surface area contributed by atoms with E-state index in [0.29, 0.717) is 6.10 Å². The summed E-state index contributed by atoms with van der Waals surface area (Å²) < 4.78 is 12.1. The van der Waals surface area contributed by atoms with Crippen LogP contribution in [0, 0.1) is 0 Å². The lowest BCUT2D eigenvalue weighted by Gasteiger charge is -2.46. The first kappa shape index (κ1) is 13.9. The normalized spacial score (nSPS) is 26.0. The van der Waals surface area contributed by atoms with E-state index in [-0.39, 0.29) is 11.6 Å². The van der Waals surface area contributed by atoms with Crippen molar-refractivity contribution in [2.45, 2.75) is 63.2 Å². The molecule has 1 saturated heterocycles. The van der Waals surface area contributed by atoms with Crippen LogP contribution in [0.1, 0.15) is 57.1 Å². The molecule has 2 N–H and O–H groups in total. The highest BCUT2D eigenvalue weighted by atomic mass is 16.5. The van der Waals surface area contributed by atoms with Gasteiger partial charge in [-0.25, -0.2) is 0 Å². The second-order valence-electron chi connectivity index (χ2n) is 6.20. The number of ether oxygens (including phenoxy) is 2. The third-order valence-electron chi connectivity index (χ3n) is 4.76. The largest absolute Gasteiger partial charge is 0.490 e. The molecule has 2 fully saturated rings. The Balaban J connectivity index is 1.60. The Morgan fingerprint density at radius 3 is 2.70 bits per heavy atom. The summed E-state index contributed by atoms with van der Waals surface area (Å²) in [5.74, 6) is 0.957. The number of nitrogens with two attached hydrogens (primary N) is 1. The molecule has 3 nitrogen and oxygen atoms in total. The molecule has 1 heterocycles. The van der Waals surface area contributed by atoms with Crippen LogP contribution in [0.25, 0.3) is 0 Å². The average Bonchev–Trinajstić information content (AvgIpc) is 2.46. The van der Waals surface area contributed by atoms with Crippen molar-refractivity contribution in [3.63, 3.8) is 0 Å². The molecule has 3 rings (SSSR count). The Hall–Kier alpha value is -1.06. The van der Waals surface area contributed by atoms with E-state index in [9.17, 15) is 0 Å². The van der Waals surface area contributed by atoms with Crippen molar-refractivity contribution < 1.29 is 9.47 Å². The minimum absolute atomic E-state index is 0.130. The van der Waals surface area contributed by atoms with Crippen LogP contribution in [0.5, 0.6) is 5.75 Å². The smallest absolute Gasteiger partial charge is 0.119 e. The van der Waals surface area contributed by atoms with Gasteiger partial charge in [0.25, 0.3) is 0 Å². The Morgan fingerprint density at radius 2 is 2.10 bits per heavy atom. The lowest BCUT2D eigenvalue weighted by Crippen LogP contribution is -2.48. The predicted molar refractivity (Wildman–Crippen MR) is 79.8 cm³/mol. The summed E-state index contributed by atoms with van der Waals surface area (Å²) in [6.07, 6.45) is 7.02. The van der Waals surface area contributed by atoms with Gasteiger partial charge in [-0.15, -0.1) is 0 Å². The van der Waals surface area contributed by atoms with Crippen LogP contribution >= 0.6 is 0 Å². The molecule has 3 heteroatoms. The van der Waals surface area contributed by atoms with Gasteiger partial charge in [0.15, 0.2) is 0 Å². The Morgan fingerprint density at radius 1 is 1.35 bits per heavy atom. The number of hydrogen-bond donors (Lipinski definition) is 1. The van der Waals surface area contributed by atoms with E-state index in [1.807, 2.05) is 12.1 Å². The summed E-state index contributed by atoms with van der Waals surface area (Å²) in [5.41, 5.74) is 7.36. The molecule has 0 radical (unpaired) electrons. The van der Waals surface area contributed by atoms with Gasteiger partial charge in [0.2, 0.25) is 0 Å². The van der Waals surface area contributed by atoms with Gasteiger partial charge in [0.1, 0.15) is 11.9 Å². The minimum Gasteiger partial charge on any atom is -0.490 e. The molecule has 1 aromatic rings. The molecule has 1 spiro atoms. The maximum Gasteiger partial charge on any atom is 0.119 e. The molecule has 110 valence electrons. The molecule has 1 unspecified atom stereocenters. The monoisotopic (exact) mass is 275 g/mol. The molecular weight excluding hydrogens is 250 g/mol. The maximum absolute atomic E-state index is 6.13. The van der Waals surface area contributed by atoms with Crippen molar-refractivity contribution in [1.29, 1.82) is 0 Å². The van der Waals surface area contributed by atoms with E-state index < -0.39 is 0 Å². The Bertz CT molecular complexity index is 439. The quantitative estimate of drug-likeness (QED) is 0.913. The van der Waals surface area contributed by atoms with E-state index in [0.717, 1.165) is 31.6 Å². The topological polar surface area (TPSA) is 44.5 Å². The lowest BCUT2D eigenvalue weighted by molar-refractivity contribution is -0.153. The first-order chi connectivity index (χ1) is 9.71. The maximum atomic E-state index is 6.13. The SMILES string of the molecule is CC[C@H](N)c1ccc(OC2CCOC3(CCC3)C2)cc1. The number of benzene rings is 1. The molecular formula is C17H25NO2. The van der Waals surface area contributed by atoms with Gasteiger partial charge in [-0.2, -0.15) is 0 Å². The van der Waals surface area contributed by atoms with E-state index in [2.05, 4.69) is 19.1 Å². The lowest BCUT2D eigenvalue weighted by atomic mass is 9.74. The summed E-state index contributed by atoms with van der Waals surface area (Å²) in [4.78, 5) is 0. The summed E-state index contributed by atoms with van der Waals surface area (Å²) in [6.45, 7) is 2.94. The standard InChI is InChI=1S/C17H25NO2/c1-2-16(18)13-4-6-14(7-5-13)20-15-8-11-19-17(12-15)9-3-10-17/h4-7,15-16H,2-3,8-12,18H2,1H3/t15?,16-/m0/s1. The van der Waals surface area contributed by atoms with Gasteiger partial charge in [0.05, 0.1) is 12.2 Å². The van der Waals surface area contributed by atoms with Crippen molar-refractivity contribution >= 4 is 0 Å². The highest BCUT2D eigenvalue weighted by Gasteiger charge is 2.43. The molecule has 2 aliphatic rings. The van der Waals surface area contributed by atoms with E-state index in [4.69, 9.17) is 15.2 Å². The molecule has 0 amide bonds. The predicted octanol–water partition coefficient (Wildman–Crippen LogP) is 3.58. The van der Waals surface area contributed by atoms with Gasteiger partial charge in [0, 0.05) is 18.9 Å². The van der Waals surface area contributed by atoms with Crippen LogP contribution in [0.4, 0.5) is 0 Å². The fraction of sp³-hybridized carbons (Fsp3) is 0.647. The van der Waals surface area contributed by atoms with Crippen LogP contribution in [0.15, 0.2) is 24.3 Å². The molecule has 2 atom stereocenters. The molecule has 1 saturated carbocycles. The highest BCUT2D eigenvalue weighted by Crippen LogP contribution is 2.43. The first-order valence-electron chi connectivity index (χ1n) is 7.87. The first-order valence-corrected chi connectivity index (χ1v) is 7.87. The van der Waals surface area contributed by atoms with E-state index in [1.165, 1.54) is 24.8 Å². The third kappa shape index (κ3) is 2.84. The van der Waals surface area contributed by atoms with Crippen molar-refractivity contribution in [3.05, 3.63) is 29.8 Å². The van der Waals surface area contributed by atoms with Gasteiger partial charge in [-0.05, 0) is 43.4 Å². The van der Waals surface area contributed by atoms with Gasteiger partial charge >= 0.3 is 0 Å². The zero-order chi connectivity index (χ0) is 14.0. The second kappa shape index (κ2) is 5.74. The summed E-state index contributed by atoms with van der Waals surface area (Å²) in [5, 5.41) is 0. The van der Waals surface area contributed by atoms with Crippen molar-refractivity contribution in [3.8, 4) is 5.75 Å². The molecule has 0 bridgehead atoms. The Labute approximate surface area is 121 Å². The summed E-state index contributed by atoms with van der Waals surface area (Å²) >= 11 is 0. The van der Waals surface area contributed by atoms with Gasteiger partial charge in [-0.1, -0.05) is 19.1 Å². The summed E-state index contributed by atoms with van der Waals surface area (Å²) in [7, 11) is 0. The van der Waals surface area contributed by atoms with Crippen molar-refractivity contribution in [2.75, 3.05) is 6.61 Å². The zero-order valence-corrected chi connectivity index (χ0v) is 12.3. The third-order valence-corrected chi connectivity index (χ3v) is 4.76.